The summed E-state index contributed by atoms with van der Waals surface area (Å²) in [5.74, 6) is 0.877. The van der Waals surface area contributed by atoms with Gasteiger partial charge in [-0.1, -0.05) is 20.3 Å². The van der Waals surface area contributed by atoms with E-state index in [2.05, 4.69) is 21.6 Å². The zero-order chi connectivity index (χ0) is 17.1. The van der Waals surface area contributed by atoms with E-state index in [4.69, 9.17) is 4.74 Å². The number of carbonyl (C=O) groups is 1. The highest BCUT2D eigenvalue weighted by molar-refractivity contribution is 5.93. The molecule has 0 radical (unpaired) electrons. The molecular formula is C18H23N3O3. The topological polar surface area (TPSA) is 87.2 Å². The van der Waals surface area contributed by atoms with Gasteiger partial charge in [-0.25, -0.2) is 0 Å². The van der Waals surface area contributed by atoms with E-state index in [1.54, 1.807) is 6.07 Å². The van der Waals surface area contributed by atoms with Gasteiger partial charge < -0.3 is 15.2 Å². The molecule has 128 valence electrons. The van der Waals surface area contributed by atoms with Crippen LogP contribution in [0.15, 0.2) is 24.3 Å². The SMILES string of the molecule is CC[C@@H](C)[C@H](CO)NC(=O)c1cc(-c2ccc3c(c2)CCO3)n[nH]1. The van der Waals surface area contributed by atoms with Crippen LogP contribution in [-0.2, 0) is 6.42 Å². The van der Waals surface area contributed by atoms with Crippen molar-refractivity contribution in [2.45, 2.75) is 32.7 Å². The third-order valence-electron chi connectivity index (χ3n) is 4.65. The Morgan fingerprint density at radius 3 is 3.04 bits per heavy atom. The van der Waals surface area contributed by atoms with Crippen LogP contribution in [0.5, 0.6) is 5.75 Å². The number of amides is 1. The van der Waals surface area contributed by atoms with Crippen LogP contribution in [0.3, 0.4) is 0 Å². The molecule has 3 rings (SSSR count). The number of fused-ring (bicyclic) bond motifs is 1. The van der Waals surface area contributed by atoms with Crippen LogP contribution in [0.2, 0.25) is 0 Å². The number of benzene rings is 1. The van der Waals surface area contributed by atoms with Gasteiger partial charge in [0.05, 0.1) is 24.9 Å². The molecule has 0 unspecified atom stereocenters. The molecule has 3 N–H and O–H groups in total. The maximum absolute atomic E-state index is 12.4. The molecule has 6 heteroatoms. The van der Waals surface area contributed by atoms with Gasteiger partial charge in [0.2, 0.25) is 0 Å². The van der Waals surface area contributed by atoms with Crippen LogP contribution >= 0.6 is 0 Å². The number of hydrogen-bond donors (Lipinski definition) is 3. The Bertz CT molecular complexity index is 726. The molecular weight excluding hydrogens is 306 g/mol. The Morgan fingerprint density at radius 2 is 2.29 bits per heavy atom. The Hall–Kier alpha value is -2.34. The minimum absolute atomic E-state index is 0.0768. The second-order valence-electron chi connectivity index (χ2n) is 6.24. The fourth-order valence-electron chi connectivity index (χ4n) is 2.83. The van der Waals surface area contributed by atoms with E-state index in [1.807, 2.05) is 26.0 Å². The number of ether oxygens (including phenoxy) is 1. The molecule has 0 aliphatic carbocycles. The molecule has 0 fully saturated rings. The van der Waals surface area contributed by atoms with E-state index >= 15 is 0 Å². The molecule has 0 saturated carbocycles. The lowest BCUT2D eigenvalue weighted by Crippen LogP contribution is -2.42. The lowest BCUT2D eigenvalue weighted by molar-refractivity contribution is 0.0886. The second-order valence-corrected chi connectivity index (χ2v) is 6.24. The zero-order valence-electron chi connectivity index (χ0n) is 14.0. The Morgan fingerprint density at radius 1 is 1.46 bits per heavy atom. The fraction of sp³-hybridized carbons (Fsp3) is 0.444. The van der Waals surface area contributed by atoms with Crippen molar-refractivity contribution in [3.8, 4) is 17.0 Å². The first kappa shape index (κ1) is 16.5. The standard InChI is InChI=1S/C18H23N3O3/c1-3-11(2)16(10-22)19-18(23)15-9-14(20-21-15)12-4-5-17-13(8-12)6-7-24-17/h4-5,8-9,11,16,22H,3,6-7,10H2,1-2H3,(H,19,23)(H,20,21)/t11-,16+/m1/s1. The van der Waals surface area contributed by atoms with Crippen molar-refractivity contribution in [2.75, 3.05) is 13.2 Å². The van der Waals surface area contributed by atoms with Gasteiger partial charge in [-0.2, -0.15) is 5.10 Å². The summed E-state index contributed by atoms with van der Waals surface area (Å²) in [7, 11) is 0. The number of rotatable bonds is 6. The van der Waals surface area contributed by atoms with Gasteiger partial charge in [-0.3, -0.25) is 9.89 Å². The van der Waals surface area contributed by atoms with Gasteiger partial charge in [0, 0.05) is 12.0 Å². The van der Waals surface area contributed by atoms with Crippen molar-refractivity contribution in [1.82, 2.24) is 15.5 Å². The van der Waals surface area contributed by atoms with Gasteiger partial charge in [-0.15, -0.1) is 0 Å². The molecule has 1 aromatic heterocycles. The number of carbonyl (C=O) groups excluding carboxylic acids is 1. The zero-order valence-corrected chi connectivity index (χ0v) is 14.0. The number of H-pyrrole nitrogens is 1. The van der Waals surface area contributed by atoms with Gasteiger partial charge in [0.15, 0.2) is 0 Å². The Kier molecular flexibility index (Phi) is 4.85. The summed E-state index contributed by atoms with van der Waals surface area (Å²) in [6.45, 7) is 4.68. The largest absolute Gasteiger partial charge is 0.493 e. The van der Waals surface area contributed by atoms with Gasteiger partial charge in [-0.05, 0) is 35.7 Å². The number of nitrogens with one attached hydrogen (secondary N) is 2. The van der Waals surface area contributed by atoms with Crippen molar-refractivity contribution in [3.63, 3.8) is 0 Å². The van der Waals surface area contributed by atoms with E-state index in [0.717, 1.165) is 29.8 Å². The van der Waals surface area contributed by atoms with Crippen molar-refractivity contribution in [2.24, 2.45) is 5.92 Å². The van der Waals surface area contributed by atoms with Gasteiger partial charge in [0.25, 0.3) is 5.91 Å². The highest BCUT2D eigenvalue weighted by Crippen LogP contribution is 2.29. The van der Waals surface area contributed by atoms with E-state index in [-0.39, 0.29) is 24.5 Å². The predicted molar refractivity (Wildman–Crippen MR) is 91.0 cm³/mol. The van der Waals surface area contributed by atoms with E-state index in [0.29, 0.717) is 12.3 Å². The third kappa shape index (κ3) is 3.28. The van der Waals surface area contributed by atoms with Crippen molar-refractivity contribution < 1.29 is 14.6 Å². The molecule has 1 amide bonds. The van der Waals surface area contributed by atoms with Crippen LogP contribution in [0.4, 0.5) is 0 Å². The number of aromatic amines is 1. The van der Waals surface area contributed by atoms with Crippen LogP contribution in [0.1, 0.15) is 36.3 Å². The predicted octanol–water partition coefficient (Wildman–Crippen LogP) is 2.15. The number of aliphatic hydroxyl groups is 1. The number of nitrogens with zero attached hydrogens (tertiary/aromatic N) is 1. The molecule has 24 heavy (non-hydrogen) atoms. The highest BCUT2D eigenvalue weighted by atomic mass is 16.5. The van der Waals surface area contributed by atoms with Gasteiger partial charge in [0.1, 0.15) is 11.4 Å². The summed E-state index contributed by atoms with van der Waals surface area (Å²) in [5.41, 5.74) is 3.23. The number of aromatic nitrogens is 2. The number of hydrogen-bond acceptors (Lipinski definition) is 4. The first-order valence-corrected chi connectivity index (χ1v) is 8.35. The van der Waals surface area contributed by atoms with E-state index < -0.39 is 0 Å². The van der Waals surface area contributed by atoms with E-state index in [9.17, 15) is 9.90 Å². The molecule has 1 aromatic carbocycles. The van der Waals surface area contributed by atoms with Crippen LogP contribution < -0.4 is 10.1 Å². The summed E-state index contributed by atoms with van der Waals surface area (Å²) in [5, 5.41) is 19.3. The average Bonchev–Trinajstić information content (AvgIpc) is 3.26. The maximum atomic E-state index is 12.4. The highest BCUT2D eigenvalue weighted by Gasteiger charge is 2.20. The molecule has 1 aliphatic rings. The minimum Gasteiger partial charge on any atom is -0.493 e. The molecule has 0 bridgehead atoms. The number of aliphatic hydroxyl groups excluding tert-OH is 1. The van der Waals surface area contributed by atoms with Crippen LogP contribution in [0.25, 0.3) is 11.3 Å². The summed E-state index contributed by atoms with van der Waals surface area (Å²) in [6, 6.07) is 7.41. The van der Waals surface area contributed by atoms with Crippen LogP contribution in [0, 0.1) is 5.92 Å². The molecule has 2 heterocycles. The van der Waals surface area contributed by atoms with Crippen molar-refractivity contribution in [1.29, 1.82) is 0 Å². The molecule has 2 aromatic rings. The van der Waals surface area contributed by atoms with Crippen molar-refractivity contribution in [3.05, 3.63) is 35.5 Å². The minimum atomic E-state index is -0.258. The molecule has 0 spiro atoms. The third-order valence-corrected chi connectivity index (χ3v) is 4.65. The fourth-order valence-corrected chi connectivity index (χ4v) is 2.83. The summed E-state index contributed by atoms with van der Waals surface area (Å²) in [4.78, 5) is 12.4. The summed E-state index contributed by atoms with van der Waals surface area (Å²) < 4.78 is 5.51. The quantitative estimate of drug-likeness (QED) is 0.758. The average molecular weight is 329 g/mol. The first-order chi connectivity index (χ1) is 11.6. The monoisotopic (exact) mass is 329 g/mol. The van der Waals surface area contributed by atoms with E-state index in [1.165, 1.54) is 5.56 Å². The molecule has 2 atom stereocenters. The molecule has 1 aliphatic heterocycles. The second kappa shape index (κ2) is 7.05. The molecule has 0 saturated heterocycles. The first-order valence-electron chi connectivity index (χ1n) is 8.35. The van der Waals surface area contributed by atoms with Crippen LogP contribution in [-0.4, -0.2) is 40.5 Å². The lowest BCUT2D eigenvalue weighted by atomic mass is 10.00. The summed E-state index contributed by atoms with van der Waals surface area (Å²) in [6.07, 6.45) is 1.78. The molecule has 6 nitrogen and oxygen atoms in total. The Balaban J connectivity index is 1.74. The smallest absolute Gasteiger partial charge is 0.269 e. The van der Waals surface area contributed by atoms with Gasteiger partial charge >= 0.3 is 0 Å². The Labute approximate surface area is 141 Å². The van der Waals surface area contributed by atoms with Crippen molar-refractivity contribution >= 4 is 5.91 Å². The lowest BCUT2D eigenvalue weighted by Gasteiger charge is -2.21. The normalized spacial score (nSPS) is 15.5. The summed E-state index contributed by atoms with van der Waals surface area (Å²) >= 11 is 0. The maximum Gasteiger partial charge on any atom is 0.269 e.